The lowest BCUT2D eigenvalue weighted by Gasteiger charge is -2.12. The molecule has 1 amide bonds. The maximum atomic E-state index is 12.2. The number of halogens is 2. The summed E-state index contributed by atoms with van der Waals surface area (Å²) in [4.78, 5) is 12.2. The van der Waals surface area contributed by atoms with Crippen LogP contribution in [0.15, 0.2) is 18.2 Å². The van der Waals surface area contributed by atoms with Gasteiger partial charge in [-0.25, -0.2) is 0 Å². The molecule has 1 aromatic rings. The lowest BCUT2D eigenvalue weighted by molar-refractivity contribution is 0.0949. The fourth-order valence-electron chi connectivity index (χ4n) is 1.68. The minimum absolute atomic E-state index is 0. The predicted octanol–water partition coefficient (Wildman–Crippen LogP) is 2.52. The van der Waals surface area contributed by atoms with Crippen LogP contribution in [0.25, 0.3) is 0 Å². The molecule has 0 saturated carbocycles. The number of carbonyl (C=O) groups is 1. The molecule has 2 N–H and O–H groups in total. The maximum Gasteiger partial charge on any atom is 0.255 e. The van der Waals surface area contributed by atoms with E-state index in [2.05, 4.69) is 10.6 Å². The third kappa shape index (κ3) is 7.84. The molecule has 7 heteroatoms. The molecule has 1 aromatic carbocycles. The Kier molecular flexibility index (Phi) is 12.0. The van der Waals surface area contributed by atoms with Crippen molar-refractivity contribution in [3.8, 4) is 5.75 Å². The van der Waals surface area contributed by atoms with Crippen molar-refractivity contribution in [1.29, 1.82) is 0 Å². The first kappa shape index (κ1) is 21.0. The Morgan fingerprint density at radius 1 is 1.23 bits per heavy atom. The second kappa shape index (κ2) is 12.5. The van der Waals surface area contributed by atoms with Gasteiger partial charge in [0.1, 0.15) is 5.75 Å². The number of rotatable bonds is 10. The van der Waals surface area contributed by atoms with Crippen LogP contribution in [-0.4, -0.2) is 45.9 Å². The second-order valence-electron chi connectivity index (χ2n) is 4.49. The highest BCUT2D eigenvalue weighted by Crippen LogP contribution is 2.23. The summed E-state index contributed by atoms with van der Waals surface area (Å²) in [6, 6.07) is 5.07. The Morgan fingerprint density at radius 3 is 2.68 bits per heavy atom. The Bertz CT molecular complexity index is 445. The van der Waals surface area contributed by atoms with E-state index in [9.17, 15) is 4.79 Å². The van der Waals surface area contributed by atoms with Crippen molar-refractivity contribution in [2.45, 2.75) is 13.3 Å². The Balaban J connectivity index is 0.00000441. The van der Waals surface area contributed by atoms with E-state index in [-0.39, 0.29) is 18.3 Å². The van der Waals surface area contributed by atoms with E-state index >= 15 is 0 Å². The monoisotopic (exact) mass is 350 g/mol. The number of methoxy groups -OCH3 is 1. The minimum Gasteiger partial charge on any atom is -0.493 e. The number of hydrogen-bond acceptors (Lipinski definition) is 4. The van der Waals surface area contributed by atoms with Crippen LogP contribution < -0.4 is 15.4 Å². The number of carbonyl (C=O) groups excluding carboxylic acids is 1. The van der Waals surface area contributed by atoms with Crippen molar-refractivity contribution < 1.29 is 14.3 Å². The van der Waals surface area contributed by atoms with Crippen molar-refractivity contribution in [2.75, 3.05) is 40.0 Å². The van der Waals surface area contributed by atoms with E-state index < -0.39 is 0 Å². The summed E-state index contributed by atoms with van der Waals surface area (Å²) in [6.45, 7) is 5.20. The minimum atomic E-state index is -0.183. The number of ether oxygens (including phenoxy) is 2. The fraction of sp³-hybridized carbons (Fsp3) is 0.533. The zero-order valence-electron chi connectivity index (χ0n) is 13.0. The van der Waals surface area contributed by atoms with Crippen LogP contribution >= 0.6 is 24.0 Å². The van der Waals surface area contributed by atoms with E-state index in [0.29, 0.717) is 42.6 Å². The van der Waals surface area contributed by atoms with Crippen LogP contribution in [0.2, 0.25) is 5.02 Å². The van der Waals surface area contributed by atoms with Gasteiger partial charge in [-0.3, -0.25) is 4.79 Å². The van der Waals surface area contributed by atoms with E-state index in [1.165, 1.54) is 0 Å². The number of nitrogens with one attached hydrogen (secondary N) is 2. The quantitative estimate of drug-likeness (QED) is 0.636. The molecule has 0 aliphatic heterocycles. The van der Waals surface area contributed by atoms with Gasteiger partial charge in [0.05, 0.1) is 18.8 Å². The molecule has 5 nitrogen and oxygen atoms in total. The SMILES string of the molecule is CCCOc1ccc(Cl)cc1C(=O)NCCNCCOC.Cl. The number of amides is 1. The lowest BCUT2D eigenvalue weighted by atomic mass is 10.2. The summed E-state index contributed by atoms with van der Waals surface area (Å²) in [6.07, 6.45) is 0.882. The van der Waals surface area contributed by atoms with Crippen molar-refractivity contribution in [1.82, 2.24) is 10.6 Å². The van der Waals surface area contributed by atoms with Gasteiger partial charge in [-0.05, 0) is 24.6 Å². The standard InChI is InChI=1S/C15H23ClN2O3.ClH/c1-3-9-21-14-5-4-12(16)11-13(14)15(19)18-7-6-17-8-10-20-2;/h4-5,11,17H,3,6-10H2,1-2H3,(H,18,19);1H. The van der Waals surface area contributed by atoms with Gasteiger partial charge in [-0.1, -0.05) is 18.5 Å². The first-order valence-corrected chi connectivity index (χ1v) is 7.47. The summed E-state index contributed by atoms with van der Waals surface area (Å²) in [5.41, 5.74) is 0.466. The molecule has 126 valence electrons. The van der Waals surface area contributed by atoms with Gasteiger partial charge in [0.2, 0.25) is 0 Å². The van der Waals surface area contributed by atoms with Crippen molar-refractivity contribution in [3.05, 3.63) is 28.8 Å². The van der Waals surface area contributed by atoms with Crippen LogP contribution in [0, 0.1) is 0 Å². The van der Waals surface area contributed by atoms with E-state index in [1.807, 2.05) is 6.92 Å². The van der Waals surface area contributed by atoms with E-state index in [1.54, 1.807) is 25.3 Å². The van der Waals surface area contributed by atoms with Gasteiger partial charge in [-0.15, -0.1) is 12.4 Å². The second-order valence-corrected chi connectivity index (χ2v) is 4.92. The molecule has 22 heavy (non-hydrogen) atoms. The largest absolute Gasteiger partial charge is 0.493 e. The molecule has 0 aliphatic carbocycles. The third-order valence-corrected chi connectivity index (χ3v) is 2.95. The van der Waals surface area contributed by atoms with Crippen molar-refractivity contribution in [3.63, 3.8) is 0 Å². The third-order valence-electron chi connectivity index (χ3n) is 2.72. The average molecular weight is 351 g/mol. The first-order valence-electron chi connectivity index (χ1n) is 7.09. The topological polar surface area (TPSA) is 59.6 Å². The van der Waals surface area contributed by atoms with E-state index in [4.69, 9.17) is 21.1 Å². The highest BCUT2D eigenvalue weighted by atomic mass is 35.5. The van der Waals surface area contributed by atoms with Gasteiger partial charge < -0.3 is 20.1 Å². The zero-order valence-corrected chi connectivity index (χ0v) is 14.6. The maximum absolute atomic E-state index is 12.2. The van der Waals surface area contributed by atoms with Crippen LogP contribution in [0.5, 0.6) is 5.75 Å². The normalized spacial score (nSPS) is 9.95. The van der Waals surface area contributed by atoms with Crippen molar-refractivity contribution in [2.24, 2.45) is 0 Å². The average Bonchev–Trinajstić information content (AvgIpc) is 2.49. The zero-order chi connectivity index (χ0) is 15.5. The van der Waals surface area contributed by atoms with Gasteiger partial charge >= 0.3 is 0 Å². The lowest BCUT2D eigenvalue weighted by Crippen LogP contribution is -2.33. The summed E-state index contributed by atoms with van der Waals surface area (Å²) in [7, 11) is 1.65. The number of hydrogen-bond donors (Lipinski definition) is 2. The molecule has 0 spiro atoms. The Morgan fingerprint density at radius 2 is 2.00 bits per heavy atom. The molecule has 1 rings (SSSR count). The van der Waals surface area contributed by atoms with E-state index in [0.717, 1.165) is 13.0 Å². The molecule has 0 saturated heterocycles. The summed E-state index contributed by atoms with van der Waals surface area (Å²) in [5.74, 6) is 0.378. The number of benzene rings is 1. The molecule has 0 heterocycles. The predicted molar refractivity (Wildman–Crippen MR) is 91.6 cm³/mol. The molecule has 0 atom stereocenters. The summed E-state index contributed by atoms with van der Waals surface area (Å²) in [5, 5.41) is 6.51. The molecule has 0 aliphatic rings. The van der Waals surface area contributed by atoms with Crippen LogP contribution in [0.4, 0.5) is 0 Å². The highest BCUT2D eigenvalue weighted by molar-refractivity contribution is 6.31. The van der Waals surface area contributed by atoms with Gasteiger partial charge in [0.15, 0.2) is 0 Å². The molecular formula is C15H24Cl2N2O3. The van der Waals surface area contributed by atoms with Crippen LogP contribution in [-0.2, 0) is 4.74 Å². The molecule has 0 aromatic heterocycles. The van der Waals surface area contributed by atoms with Crippen LogP contribution in [0.3, 0.4) is 0 Å². The molecule has 0 unspecified atom stereocenters. The van der Waals surface area contributed by atoms with Crippen LogP contribution in [0.1, 0.15) is 23.7 Å². The summed E-state index contributed by atoms with van der Waals surface area (Å²) < 4.78 is 10.5. The van der Waals surface area contributed by atoms with Gasteiger partial charge in [-0.2, -0.15) is 0 Å². The summed E-state index contributed by atoms with van der Waals surface area (Å²) >= 11 is 5.95. The molecule has 0 bridgehead atoms. The smallest absolute Gasteiger partial charge is 0.255 e. The Hall–Kier alpha value is -1.01. The fourth-order valence-corrected chi connectivity index (χ4v) is 1.85. The van der Waals surface area contributed by atoms with Crippen molar-refractivity contribution >= 4 is 29.9 Å². The highest BCUT2D eigenvalue weighted by Gasteiger charge is 2.12. The Labute approximate surface area is 143 Å². The van der Waals surface area contributed by atoms with Gasteiger partial charge in [0, 0.05) is 31.8 Å². The van der Waals surface area contributed by atoms with Gasteiger partial charge in [0.25, 0.3) is 5.91 Å². The first-order chi connectivity index (χ1) is 10.2. The molecule has 0 radical (unpaired) electrons. The molecular weight excluding hydrogens is 327 g/mol. The molecule has 0 fully saturated rings.